The first-order valence-electron chi connectivity index (χ1n) is 7.55. The first-order chi connectivity index (χ1) is 11.5. The van der Waals surface area contributed by atoms with E-state index in [1.54, 1.807) is 42.5 Å². The molecule has 2 N–H and O–H groups in total. The van der Waals surface area contributed by atoms with Gasteiger partial charge in [0.05, 0.1) is 6.61 Å². The number of phenols is 1. The first kappa shape index (κ1) is 17.3. The van der Waals surface area contributed by atoms with E-state index in [0.29, 0.717) is 23.6 Å². The largest absolute Gasteiger partial charge is 0.504 e. The van der Waals surface area contributed by atoms with Gasteiger partial charge in [-0.15, -0.1) is 0 Å². The molecule has 0 fully saturated rings. The summed E-state index contributed by atoms with van der Waals surface area (Å²) in [6.45, 7) is 3.68. The molecule has 0 radical (unpaired) electrons. The first-order valence-corrected chi connectivity index (χ1v) is 7.55. The number of hydrogen-bond donors (Lipinski definition) is 2. The molecular weight excluding hydrogens is 306 g/mol. The highest BCUT2D eigenvalue weighted by Gasteiger charge is 2.05. The molecule has 0 aromatic heterocycles. The van der Waals surface area contributed by atoms with Gasteiger partial charge in [-0.3, -0.25) is 9.59 Å². The molecule has 0 saturated carbocycles. The summed E-state index contributed by atoms with van der Waals surface area (Å²) in [5.74, 6) is 0.0546. The maximum absolute atomic E-state index is 12.3. The van der Waals surface area contributed by atoms with Crippen LogP contribution in [-0.4, -0.2) is 23.4 Å². The summed E-state index contributed by atoms with van der Waals surface area (Å²) in [6.07, 6.45) is 3.09. The van der Waals surface area contributed by atoms with Gasteiger partial charge in [0, 0.05) is 18.2 Å². The van der Waals surface area contributed by atoms with Crippen LogP contribution in [0.5, 0.6) is 11.5 Å². The normalized spacial score (nSPS) is 10.6. The molecular formula is C19H19NO4. The molecule has 0 atom stereocenters. The van der Waals surface area contributed by atoms with E-state index in [9.17, 15) is 14.7 Å². The van der Waals surface area contributed by atoms with Crippen molar-refractivity contribution < 1.29 is 19.4 Å². The maximum atomic E-state index is 12.3. The molecule has 5 heteroatoms. The van der Waals surface area contributed by atoms with Gasteiger partial charge in [-0.05, 0) is 42.8 Å². The maximum Gasteiger partial charge on any atom is 0.221 e. The van der Waals surface area contributed by atoms with Crippen LogP contribution < -0.4 is 10.1 Å². The van der Waals surface area contributed by atoms with E-state index in [4.69, 9.17) is 4.74 Å². The molecule has 0 unspecified atom stereocenters. The number of ether oxygens (including phenoxy) is 1. The van der Waals surface area contributed by atoms with Crippen LogP contribution in [0.3, 0.4) is 0 Å². The lowest BCUT2D eigenvalue weighted by Crippen LogP contribution is -2.06. The number of carbonyl (C=O) groups excluding carboxylic acids is 2. The second-order valence-corrected chi connectivity index (χ2v) is 5.12. The number of benzene rings is 2. The Morgan fingerprint density at radius 1 is 1.21 bits per heavy atom. The fourth-order valence-corrected chi connectivity index (χ4v) is 2.13. The van der Waals surface area contributed by atoms with Crippen molar-refractivity contribution in [3.05, 3.63) is 59.7 Å². The minimum absolute atomic E-state index is 0.0586. The summed E-state index contributed by atoms with van der Waals surface area (Å²) in [5, 5.41) is 12.3. The fourth-order valence-electron chi connectivity index (χ4n) is 2.13. The quantitative estimate of drug-likeness (QED) is 0.628. The Morgan fingerprint density at radius 3 is 2.71 bits per heavy atom. The number of amides is 1. The van der Waals surface area contributed by atoms with Crippen molar-refractivity contribution in [2.24, 2.45) is 0 Å². The molecule has 0 heterocycles. The molecule has 0 aliphatic rings. The van der Waals surface area contributed by atoms with E-state index in [1.165, 1.54) is 19.1 Å². The summed E-state index contributed by atoms with van der Waals surface area (Å²) >= 11 is 0. The fraction of sp³-hybridized carbons (Fsp3) is 0.158. The van der Waals surface area contributed by atoms with E-state index in [-0.39, 0.29) is 17.4 Å². The van der Waals surface area contributed by atoms with Crippen molar-refractivity contribution in [2.75, 3.05) is 11.9 Å². The molecule has 0 bridgehead atoms. The highest BCUT2D eigenvalue weighted by Crippen LogP contribution is 2.27. The SMILES string of the molecule is CCOc1cc(/C=C/C(=O)c2cccc(NC(C)=O)c2)ccc1O. The van der Waals surface area contributed by atoms with Gasteiger partial charge in [-0.1, -0.05) is 24.3 Å². The van der Waals surface area contributed by atoms with Crippen LogP contribution in [0.25, 0.3) is 6.08 Å². The van der Waals surface area contributed by atoms with Crippen molar-refractivity contribution in [3.63, 3.8) is 0 Å². The monoisotopic (exact) mass is 325 g/mol. The highest BCUT2D eigenvalue weighted by atomic mass is 16.5. The third-order valence-electron chi connectivity index (χ3n) is 3.18. The van der Waals surface area contributed by atoms with Crippen LogP contribution in [-0.2, 0) is 4.79 Å². The van der Waals surface area contributed by atoms with Crippen molar-refractivity contribution in [2.45, 2.75) is 13.8 Å². The highest BCUT2D eigenvalue weighted by molar-refractivity contribution is 6.07. The van der Waals surface area contributed by atoms with Crippen molar-refractivity contribution in [1.29, 1.82) is 0 Å². The van der Waals surface area contributed by atoms with Crippen LogP contribution in [0, 0.1) is 0 Å². The van der Waals surface area contributed by atoms with Crippen molar-refractivity contribution in [1.82, 2.24) is 0 Å². The summed E-state index contributed by atoms with van der Waals surface area (Å²) < 4.78 is 5.31. The lowest BCUT2D eigenvalue weighted by molar-refractivity contribution is -0.114. The zero-order valence-electron chi connectivity index (χ0n) is 13.6. The van der Waals surface area contributed by atoms with Crippen LogP contribution in [0.1, 0.15) is 29.8 Å². The lowest BCUT2D eigenvalue weighted by Gasteiger charge is -2.06. The Hall–Kier alpha value is -3.08. The number of nitrogens with one attached hydrogen (secondary N) is 1. The zero-order chi connectivity index (χ0) is 17.5. The third-order valence-corrected chi connectivity index (χ3v) is 3.18. The Bertz CT molecular complexity index is 781. The van der Waals surface area contributed by atoms with Crippen molar-refractivity contribution in [3.8, 4) is 11.5 Å². The van der Waals surface area contributed by atoms with Gasteiger partial charge in [-0.2, -0.15) is 0 Å². The Morgan fingerprint density at radius 2 is 2.00 bits per heavy atom. The number of phenolic OH excluding ortho intramolecular Hbond substituents is 1. The summed E-state index contributed by atoms with van der Waals surface area (Å²) in [4.78, 5) is 23.3. The van der Waals surface area contributed by atoms with Gasteiger partial charge < -0.3 is 15.2 Å². The molecule has 0 saturated heterocycles. The van der Waals surface area contributed by atoms with Gasteiger partial charge in [0.1, 0.15) is 0 Å². The van der Waals surface area contributed by atoms with Gasteiger partial charge in [0.25, 0.3) is 0 Å². The van der Waals surface area contributed by atoms with Crippen molar-refractivity contribution >= 4 is 23.5 Å². The molecule has 0 spiro atoms. The number of hydrogen-bond acceptors (Lipinski definition) is 4. The average molecular weight is 325 g/mol. The molecule has 24 heavy (non-hydrogen) atoms. The number of allylic oxidation sites excluding steroid dienone is 1. The molecule has 0 aliphatic carbocycles. The average Bonchev–Trinajstić information content (AvgIpc) is 2.55. The molecule has 124 valence electrons. The third kappa shape index (κ3) is 4.71. The number of aromatic hydroxyl groups is 1. The second kappa shape index (κ2) is 7.97. The van der Waals surface area contributed by atoms with E-state index in [1.807, 2.05) is 6.92 Å². The van der Waals surface area contributed by atoms with Crippen LogP contribution in [0.4, 0.5) is 5.69 Å². The number of rotatable bonds is 6. The predicted octanol–water partition coefficient (Wildman–Crippen LogP) is 3.65. The van der Waals surface area contributed by atoms with Gasteiger partial charge in [-0.25, -0.2) is 0 Å². The number of ketones is 1. The van der Waals surface area contributed by atoms with E-state index in [0.717, 1.165) is 5.56 Å². The Kier molecular flexibility index (Phi) is 5.73. The smallest absolute Gasteiger partial charge is 0.221 e. The predicted molar refractivity (Wildman–Crippen MR) is 93.4 cm³/mol. The van der Waals surface area contributed by atoms with Gasteiger partial charge >= 0.3 is 0 Å². The number of carbonyl (C=O) groups is 2. The molecule has 1 amide bonds. The Labute approximate surface area is 140 Å². The number of anilines is 1. The van der Waals surface area contributed by atoms with E-state index >= 15 is 0 Å². The van der Waals surface area contributed by atoms with E-state index in [2.05, 4.69) is 5.32 Å². The minimum Gasteiger partial charge on any atom is -0.504 e. The summed E-state index contributed by atoms with van der Waals surface area (Å²) in [6, 6.07) is 11.6. The standard InChI is InChI=1S/C19H19NO4/c1-3-24-19-11-14(8-10-18(19)23)7-9-17(22)15-5-4-6-16(12-15)20-13(2)21/h4-12,23H,3H2,1-2H3,(H,20,21)/b9-7+. The van der Waals surface area contributed by atoms with Crippen LogP contribution in [0.2, 0.25) is 0 Å². The van der Waals surface area contributed by atoms with Crippen LogP contribution in [0.15, 0.2) is 48.5 Å². The molecule has 2 aromatic carbocycles. The molecule has 2 aromatic rings. The summed E-state index contributed by atoms with van der Waals surface area (Å²) in [5.41, 5.74) is 1.79. The minimum atomic E-state index is -0.192. The van der Waals surface area contributed by atoms with Crippen LogP contribution >= 0.6 is 0 Å². The molecule has 0 aliphatic heterocycles. The second-order valence-electron chi connectivity index (χ2n) is 5.12. The lowest BCUT2D eigenvalue weighted by atomic mass is 10.1. The van der Waals surface area contributed by atoms with Gasteiger partial charge in [0.2, 0.25) is 5.91 Å². The van der Waals surface area contributed by atoms with E-state index < -0.39 is 0 Å². The summed E-state index contributed by atoms with van der Waals surface area (Å²) in [7, 11) is 0. The van der Waals surface area contributed by atoms with Gasteiger partial charge in [0.15, 0.2) is 17.3 Å². The topological polar surface area (TPSA) is 75.6 Å². The Balaban J connectivity index is 2.15. The zero-order valence-corrected chi connectivity index (χ0v) is 13.6. The molecule has 2 rings (SSSR count). The molecule has 5 nitrogen and oxygen atoms in total.